The Hall–Kier alpha value is -1.24. The minimum Gasteiger partial charge on any atom is -0.490 e. The quantitative estimate of drug-likeness (QED) is 0.625. The van der Waals surface area contributed by atoms with E-state index in [1.54, 1.807) is 5.57 Å². The zero-order chi connectivity index (χ0) is 12.3. The third-order valence-electron chi connectivity index (χ3n) is 5.24. The number of rotatable bonds is 0. The van der Waals surface area contributed by atoms with Crippen molar-refractivity contribution < 1.29 is 4.74 Å². The standard InChI is InChI=1S/C17H20O/c1-3-11-7-13-9-14(11)15-8-12-6-10(2)4-5-16(12)18-17(13)15/h3-6,13-15,17H,7-9H2,1-2H3. The van der Waals surface area contributed by atoms with Gasteiger partial charge in [-0.3, -0.25) is 0 Å². The number of hydrogen-bond acceptors (Lipinski definition) is 1. The minimum atomic E-state index is 0.494. The molecule has 4 rings (SSSR count). The molecule has 4 unspecified atom stereocenters. The lowest BCUT2D eigenvalue weighted by molar-refractivity contribution is 0.0797. The van der Waals surface area contributed by atoms with Crippen molar-refractivity contribution in [3.8, 4) is 5.75 Å². The summed E-state index contributed by atoms with van der Waals surface area (Å²) in [5.74, 6) is 3.47. The van der Waals surface area contributed by atoms with Gasteiger partial charge in [0.2, 0.25) is 0 Å². The Morgan fingerprint density at radius 1 is 1.28 bits per heavy atom. The van der Waals surface area contributed by atoms with Crippen molar-refractivity contribution in [2.75, 3.05) is 0 Å². The fourth-order valence-corrected chi connectivity index (χ4v) is 4.45. The lowest BCUT2D eigenvalue weighted by Gasteiger charge is -2.37. The van der Waals surface area contributed by atoms with Crippen LogP contribution in [-0.4, -0.2) is 6.10 Å². The van der Waals surface area contributed by atoms with Crippen molar-refractivity contribution >= 4 is 0 Å². The van der Waals surface area contributed by atoms with E-state index < -0.39 is 0 Å². The van der Waals surface area contributed by atoms with Gasteiger partial charge in [-0.05, 0) is 50.7 Å². The second-order valence-corrected chi connectivity index (χ2v) is 6.23. The average Bonchev–Trinajstić information content (AvgIpc) is 2.94. The molecule has 0 radical (unpaired) electrons. The van der Waals surface area contributed by atoms with Crippen LogP contribution in [0.15, 0.2) is 29.8 Å². The van der Waals surface area contributed by atoms with E-state index in [1.165, 1.54) is 30.4 Å². The maximum absolute atomic E-state index is 6.31. The zero-order valence-corrected chi connectivity index (χ0v) is 11.1. The first kappa shape index (κ1) is 10.7. The van der Waals surface area contributed by atoms with Crippen LogP contribution in [-0.2, 0) is 6.42 Å². The number of fused-ring (bicyclic) bond motifs is 6. The summed E-state index contributed by atoms with van der Waals surface area (Å²) in [4.78, 5) is 0. The lowest BCUT2D eigenvalue weighted by Crippen LogP contribution is -2.38. The van der Waals surface area contributed by atoms with Gasteiger partial charge in [-0.2, -0.15) is 0 Å². The second-order valence-electron chi connectivity index (χ2n) is 6.23. The monoisotopic (exact) mass is 240 g/mol. The van der Waals surface area contributed by atoms with Crippen molar-refractivity contribution in [1.29, 1.82) is 0 Å². The van der Waals surface area contributed by atoms with Crippen LogP contribution in [0.2, 0.25) is 0 Å². The fourth-order valence-electron chi connectivity index (χ4n) is 4.45. The Morgan fingerprint density at radius 3 is 3.00 bits per heavy atom. The smallest absolute Gasteiger partial charge is 0.122 e. The van der Waals surface area contributed by atoms with Crippen LogP contribution in [0.25, 0.3) is 0 Å². The Labute approximate surface area is 109 Å². The molecule has 1 nitrogen and oxygen atoms in total. The zero-order valence-electron chi connectivity index (χ0n) is 11.1. The molecule has 0 N–H and O–H groups in total. The lowest BCUT2D eigenvalue weighted by atomic mass is 9.77. The van der Waals surface area contributed by atoms with E-state index in [1.807, 2.05) is 0 Å². The summed E-state index contributed by atoms with van der Waals surface area (Å²) >= 11 is 0. The van der Waals surface area contributed by atoms with Crippen LogP contribution < -0.4 is 4.74 Å². The Balaban J connectivity index is 1.72. The largest absolute Gasteiger partial charge is 0.490 e. The molecule has 1 heterocycles. The van der Waals surface area contributed by atoms with Crippen molar-refractivity contribution in [3.05, 3.63) is 41.0 Å². The van der Waals surface area contributed by atoms with Gasteiger partial charge in [-0.25, -0.2) is 0 Å². The molecule has 3 aliphatic rings. The summed E-state index contributed by atoms with van der Waals surface area (Å²) in [5.41, 5.74) is 4.48. The highest BCUT2D eigenvalue weighted by molar-refractivity contribution is 5.41. The average molecular weight is 240 g/mol. The van der Waals surface area contributed by atoms with Crippen molar-refractivity contribution in [3.63, 3.8) is 0 Å². The third-order valence-corrected chi connectivity index (χ3v) is 5.24. The number of hydrogen-bond donors (Lipinski definition) is 0. The van der Waals surface area contributed by atoms with E-state index in [0.29, 0.717) is 6.10 Å². The van der Waals surface area contributed by atoms with Crippen molar-refractivity contribution in [1.82, 2.24) is 0 Å². The molecule has 0 aromatic heterocycles. The van der Waals surface area contributed by atoms with Crippen LogP contribution in [0.3, 0.4) is 0 Å². The van der Waals surface area contributed by atoms with Gasteiger partial charge in [-0.15, -0.1) is 0 Å². The number of ether oxygens (including phenoxy) is 1. The Bertz CT molecular complexity index is 528. The van der Waals surface area contributed by atoms with Crippen LogP contribution in [0, 0.1) is 24.7 Å². The molecule has 1 aromatic carbocycles. The molecule has 1 aromatic rings. The molecule has 4 atom stereocenters. The molecule has 0 saturated heterocycles. The van der Waals surface area contributed by atoms with Gasteiger partial charge in [0.05, 0.1) is 0 Å². The molecule has 2 bridgehead atoms. The Morgan fingerprint density at radius 2 is 2.17 bits per heavy atom. The van der Waals surface area contributed by atoms with Crippen LogP contribution in [0.4, 0.5) is 0 Å². The molecule has 94 valence electrons. The van der Waals surface area contributed by atoms with Gasteiger partial charge >= 0.3 is 0 Å². The summed E-state index contributed by atoms with van der Waals surface area (Å²) in [5, 5.41) is 0. The van der Waals surface area contributed by atoms with Crippen molar-refractivity contribution in [2.45, 2.75) is 39.2 Å². The predicted octanol–water partition coefficient (Wildman–Crippen LogP) is 3.90. The Kier molecular flexibility index (Phi) is 2.15. The van der Waals surface area contributed by atoms with E-state index in [9.17, 15) is 0 Å². The van der Waals surface area contributed by atoms with Crippen LogP contribution in [0.5, 0.6) is 5.75 Å². The van der Waals surface area contributed by atoms with Crippen molar-refractivity contribution in [2.24, 2.45) is 17.8 Å². The topological polar surface area (TPSA) is 9.23 Å². The first-order valence-corrected chi connectivity index (χ1v) is 7.17. The summed E-state index contributed by atoms with van der Waals surface area (Å²) < 4.78 is 6.31. The summed E-state index contributed by atoms with van der Waals surface area (Å²) in [7, 11) is 0. The van der Waals surface area contributed by atoms with E-state index in [2.05, 4.69) is 38.1 Å². The second kappa shape index (κ2) is 3.63. The molecule has 18 heavy (non-hydrogen) atoms. The molecule has 2 fully saturated rings. The maximum atomic E-state index is 6.31. The first-order chi connectivity index (χ1) is 8.76. The number of allylic oxidation sites excluding steroid dienone is 2. The number of benzene rings is 1. The van der Waals surface area contributed by atoms with E-state index >= 15 is 0 Å². The molecular formula is C17H20O. The minimum absolute atomic E-state index is 0.494. The highest BCUT2D eigenvalue weighted by Gasteiger charge is 2.52. The first-order valence-electron chi connectivity index (χ1n) is 7.17. The molecule has 2 saturated carbocycles. The molecular weight excluding hydrogens is 220 g/mol. The summed E-state index contributed by atoms with van der Waals surface area (Å²) in [6.45, 7) is 4.37. The van der Waals surface area contributed by atoms with E-state index in [4.69, 9.17) is 4.74 Å². The normalized spacial score (nSPS) is 38.4. The predicted molar refractivity (Wildman–Crippen MR) is 72.8 cm³/mol. The van der Waals surface area contributed by atoms with E-state index in [0.717, 1.165) is 23.5 Å². The SMILES string of the molecule is CC=C1CC2CC1C1Cc3cc(C)ccc3OC21. The maximum Gasteiger partial charge on any atom is 0.122 e. The third kappa shape index (κ3) is 1.33. The van der Waals surface area contributed by atoms with Crippen LogP contribution >= 0.6 is 0 Å². The molecule has 1 heteroatoms. The highest BCUT2D eigenvalue weighted by atomic mass is 16.5. The molecule has 2 aliphatic carbocycles. The van der Waals surface area contributed by atoms with Gasteiger partial charge in [0.25, 0.3) is 0 Å². The van der Waals surface area contributed by atoms with Gasteiger partial charge in [-0.1, -0.05) is 29.3 Å². The molecule has 1 aliphatic heterocycles. The van der Waals surface area contributed by atoms with Gasteiger partial charge < -0.3 is 4.74 Å². The molecule has 0 amide bonds. The highest BCUT2D eigenvalue weighted by Crippen LogP contribution is 2.56. The summed E-state index contributed by atoms with van der Waals surface area (Å²) in [6.07, 6.45) is 6.71. The summed E-state index contributed by atoms with van der Waals surface area (Å²) in [6, 6.07) is 6.65. The van der Waals surface area contributed by atoms with E-state index in [-0.39, 0.29) is 0 Å². The number of aryl methyl sites for hydroxylation is 1. The fraction of sp³-hybridized carbons (Fsp3) is 0.529. The molecule has 0 spiro atoms. The van der Waals surface area contributed by atoms with Crippen LogP contribution in [0.1, 0.15) is 30.9 Å². The van der Waals surface area contributed by atoms with Gasteiger partial charge in [0, 0.05) is 11.8 Å². The van der Waals surface area contributed by atoms with Gasteiger partial charge in [0.1, 0.15) is 11.9 Å². The van der Waals surface area contributed by atoms with Gasteiger partial charge in [0.15, 0.2) is 0 Å².